The van der Waals surface area contributed by atoms with Crippen LogP contribution in [0.25, 0.3) is 33.3 Å². The minimum atomic E-state index is -0.970. The van der Waals surface area contributed by atoms with Crippen molar-refractivity contribution in [2.75, 3.05) is 0 Å². The van der Waals surface area contributed by atoms with Crippen molar-refractivity contribution in [3.63, 3.8) is 0 Å². The van der Waals surface area contributed by atoms with Crippen molar-refractivity contribution in [3.8, 4) is 22.4 Å². The summed E-state index contributed by atoms with van der Waals surface area (Å²) in [5.74, 6) is -0.970. The molecule has 0 bridgehead atoms. The van der Waals surface area contributed by atoms with Gasteiger partial charge in [0.25, 0.3) is 0 Å². The van der Waals surface area contributed by atoms with Crippen molar-refractivity contribution >= 4 is 16.9 Å². The van der Waals surface area contributed by atoms with Crippen LogP contribution in [0.3, 0.4) is 0 Å². The van der Waals surface area contributed by atoms with Gasteiger partial charge in [-0.3, -0.25) is 4.98 Å². The summed E-state index contributed by atoms with van der Waals surface area (Å²) in [5.41, 5.74) is 4.53. The second-order valence-corrected chi connectivity index (χ2v) is 5.70. The third-order valence-electron chi connectivity index (χ3n) is 4.13. The highest BCUT2D eigenvalue weighted by atomic mass is 16.4. The monoisotopic (exact) mass is 326 g/mol. The molecule has 4 nitrogen and oxygen atoms in total. The maximum Gasteiger partial charge on any atom is 0.337 e. The molecule has 2 aromatic heterocycles. The van der Waals surface area contributed by atoms with Gasteiger partial charge >= 0.3 is 5.97 Å². The quantitative estimate of drug-likeness (QED) is 0.594. The molecule has 0 saturated carbocycles. The van der Waals surface area contributed by atoms with Gasteiger partial charge in [-0.25, -0.2) is 9.78 Å². The van der Waals surface area contributed by atoms with Crippen LogP contribution in [-0.4, -0.2) is 21.0 Å². The van der Waals surface area contributed by atoms with E-state index in [4.69, 9.17) is 0 Å². The molecule has 0 unspecified atom stereocenters. The molecule has 0 saturated heterocycles. The second kappa shape index (κ2) is 6.17. The third kappa shape index (κ3) is 2.85. The Morgan fingerprint density at radius 3 is 2.32 bits per heavy atom. The lowest BCUT2D eigenvalue weighted by Gasteiger charge is -2.07. The predicted octanol–water partition coefficient (Wildman–Crippen LogP) is 4.66. The van der Waals surface area contributed by atoms with E-state index in [-0.39, 0.29) is 5.56 Å². The van der Waals surface area contributed by atoms with Crippen LogP contribution in [-0.2, 0) is 0 Å². The summed E-state index contributed by atoms with van der Waals surface area (Å²) in [6.07, 6.45) is 3.57. The number of carboxylic acid groups (broad SMARTS) is 1. The molecule has 4 aromatic rings. The van der Waals surface area contributed by atoms with Crippen LogP contribution in [0.2, 0.25) is 0 Å². The molecule has 4 heteroatoms. The maximum atomic E-state index is 11.4. The summed E-state index contributed by atoms with van der Waals surface area (Å²) in [5, 5.41) is 10.2. The number of hydrogen-bond donors (Lipinski definition) is 1. The Balaban J connectivity index is 1.77. The van der Waals surface area contributed by atoms with Crippen LogP contribution < -0.4 is 0 Å². The van der Waals surface area contributed by atoms with Gasteiger partial charge in [-0.2, -0.15) is 0 Å². The summed E-state index contributed by atoms with van der Waals surface area (Å²) in [6.45, 7) is 0. The van der Waals surface area contributed by atoms with E-state index in [1.54, 1.807) is 18.3 Å². The van der Waals surface area contributed by atoms with Gasteiger partial charge in [0.1, 0.15) is 0 Å². The number of aromatic carboxylic acids is 1. The Morgan fingerprint density at radius 2 is 1.60 bits per heavy atom. The van der Waals surface area contributed by atoms with Crippen molar-refractivity contribution in [1.29, 1.82) is 0 Å². The number of nitrogens with zero attached hydrogens (tertiary/aromatic N) is 2. The molecule has 1 N–H and O–H groups in total. The van der Waals surface area contributed by atoms with Crippen LogP contribution in [0.5, 0.6) is 0 Å². The predicted molar refractivity (Wildman–Crippen MR) is 97.4 cm³/mol. The zero-order valence-corrected chi connectivity index (χ0v) is 13.3. The van der Waals surface area contributed by atoms with Crippen LogP contribution >= 0.6 is 0 Å². The molecular weight excluding hydrogens is 312 g/mol. The average molecular weight is 326 g/mol. The van der Waals surface area contributed by atoms with Crippen molar-refractivity contribution in [2.45, 2.75) is 0 Å². The number of fused-ring (bicyclic) bond motifs is 1. The van der Waals surface area contributed by atoms with Crippen molar-refractivity contribution < 1.29 is 9.90 Å². The molecule has 0 atom stereocenters. The largest absolute Gasteiger partial charge is 0.478 e. The smallest absolute Gasteiger partial charge is 0.337 e. The number of rotatable bonds is 3. The maximum absolute atomic E-state index is 11.4. The molecule has 120 valence electrons. The number of carboxylic acids is 1. The fraction of sp³-hybridized carbons (Fsp3) is 0. The van der Waals surface area contributed by atoms with E-state index in [0.717, 1.165) is 27.8 Å². The molecule has 0 spiro atoms. The van der Waals surface area contributed by atoms with E-state index in [1.807, 2.05) is 60.8 Å². The second-order valence-electron chi connectivity index (χ2n) is 5.70. The van der Waals surface area contributed by atoms with Crippen LogP contribution in [0.1, 0.15) is 10.4 Å². The number of aromatic nitrogens is 2. The Kier molecular flexibility index (Phi) is 3.71. The Morgan fingerprint density at radius 1 is 0.800 bits per heavy atom. The molecule has 0 aliphatic heterocycles. The molecule has 4 rings (SSSR count). The Labute approximate surface area is 144 Å². The molecule has 25 heavy (non-hydrogen) atoms. The number of para-hydroxylation sites is 1. The lowest BCUT2D eigenvalue weighted by molar-refractivity contribution is 0.0699. The van der Waals surface area contributed by atoms with Crippen LogP contribution in [0.15, 0.2) is 79.1 Å². The normalized spacial score (nSPS) is 10.7. The van der Waals surface area contributed by atoms with Gasteiger partial charge in [-0.05, 0) is 29.3 Å². The lowest BCUT2D eigenvalue weighted by Crippen LogP contribution is -1.99. The molecule has 2 heterocycles. The topological polar surface area (TPSA) is 63.1 Å². The van der Waals surface area contributed by atoms with Crippen LogP contribution in [0.4, 0.5) is 0 Å². The van der Waals surface area contributed by atoms with Gasteiger partial charge < -0.3 is 5.11 Å². The van der Waals surface area contributed by atoms with E-state index >= 15 is 0 Å². The van der Waals surface area contributed by atoms with E-state index in [2.05, 4.69) is 9.97 Å². The average Bonchev–Trinajstić information content (AvgIpc) is 2.68. The Bertz CT molecular complexity index is 1060. The first-order valence-corrected chi connectivity index (χ1v) is 7.86. The highest BCUT2D eigenvalue weighted by molar-refractivity contribution is 6.02. The van der Waals surface area contributed by atoms with E-state index < -0.39 is 5.97 Å². The number of carbonyl (C=O) groups is 1. The number of benzene rings is 2. The molecule has 0 fully saturated rings. The van der Waals surface area contributed by atoms with Crippen molar-refractivity contribution in [3.05, 3.63) is 84.7 Å². The minimum Gasteiger partial charge on any atom is -0.478 e. The van der Waals surface area contributed by atoms with E-state index in [1.165, 1.54) is 0 Å². The molecule has 2 aromatic carbocycles. The summed E-state index contributed by atoms with van der Waals surface area (Å²) < 4.78 is 0. The number of pyridine rings is 2. The first-order valence-electron chi connectivity index (χ1n) is 7.86. The van der Waals surface area contributed by atoms with Crippen molar-refractivity contribution in [2.24, 2.45) is 0 Å². The van der Waals surface area contributed by atoms with Gasteiger partial charge in [0, 0.05) is 23.3 Å². The number of hydrogen-bond acceptors (Lipinski definition) is 3. The van der Waals surface area contributed by atoms with Gasteiger partial charge in [-0.1, -0.05) is 48.5 Å². The third-order valence-corrected chi connectivity index (χ3v) is 4.13. The molecular formula is C21H14N2O2. The highest BCUT2D eigenvalue weighted by Gasteiger charge is 2.10. The molecule has 0 amide bonds. The molecule has 0 aliphatic rings. The standard InChI is InChI=1S/C21H14N2O2/c24-21(25)18-5-1-3-16-10-11-19(23-20(16)18)15-8-6-14(7-9-15)17-4-2-12-22-13-17/h1-13H,(H,24,25). The SMILES string of the molecule is O=C(O)c1cccc2ccc(-c3ccc(-c4cccnc4)cc3)nc12. The van der Waals surface area contributed by atoms with Gasteiger partial charge in [-0.15, -0.1) is 0 Å². The fourth-order valence-electron chi connectivity index (χ4n) is 2.85. The van der Waals surface area contributed by atoms with Crippen LogP contribution in [0, 0.1) is 0 Å². The molecule has 0 aliphatic carbocycles. The van der Waals surface area contributed by atoms with E-state index in [9.17, 15) is 9.90 Å². The zero-order valence-electron chi connectivity index (χ0n) is 13.3. The minimum absolute atomic E-state index is 0.214. The van der Waals surface area contributed by atoms with Gasteiger partial charge in [0.2, 0.25) is 0 Å². The zero-order chi connectivity index (χ0) is 17.2. The lowest BCUT2D eigenvalue weighted by atomic mass is 10.0. The first kappa shape index (κ1) is 15.0. The van der Waals surface area contributed by atoms with Gasteiger partial charge in [0.15, 0.2) is 0 Å². The van der Waals surface area contributed by atoms with Gasteiger partial charge in [0.05, 0.1) is 16.8 Å². The summed E-state index contributed by atoms with van der Waals surface area (Å²) in [4.78, 5) is 20.1. The summed E-state index contributed by atoms with van der Waals surface area (Å²) in [7, 11) is 0. The summed E-state index contributed by atoms with van der Waals surface area (Å²) >= 11 is 0. The molecule has 0 radical (unpaired) electrons. The first-order chi connectivity index (χ1) is 12.2. The fourth-order valence-corrected chi connectivity index (χ4v) is 2.85. The summed E-state index contributed by atoms with van der Waals surface area (Å²) in [6, 6.07) is 20.9. The van der Waals surface area contributed by atoms with Crippen molar-refractivity contribution in [1.82, 2.24) is 9.97 Å². The van der Waals surface area contributed by atoms with E-state index in [0.29, 0.717) is 5.52 Å². The Hall–Kier alpha value is -3.53. The highest BCUT2D eigenvalue weighted by Crippen LogP contribution is 2.26.